The number of likely N-dealkylation sites (N-methyl/N-ethyl adjacent to an activating group) is 1. The summed E-state index contributed by atoms with van der Waals surface area (Å²) in [6.45, 7) is 0. The van der Waals surface area contributed by atoms with E-state index in [1.54, 1.807) is 0 Å². The highest BCUT2D eigenvalue weighted by atomic mass is 19.1. The van der Waals surface area contributed by atoms with Gasteiger partial charge < -0.3 is 5.32 Å². The van der Waals surface area contributed by atoms with Crippen molar-refractivity contribution in [2.24, 2.45) is 5.92 Å². The van der Waals surface area contributed by atoms with Crippen molar-refractivity contribution in [1.82, 2.24) is 5.32 Å². The standard InChI is InChI=1S/C12H15FN2O2/c1-14-11(8-2-3-8)7-9-6-10(13)4-5-12(9)15(16)17/h4-6,8,11,14H,2-3,7H2,1H3. The summed E-state index contributed by atoms with van der Waals surface area (Å²) >= 11 is 0. The van der Waals surface area contributed by atoms with Crippen molar-refractivity contribution in [2.45, 2.75) is 25.3 Å². The normalized spacial score (nSPS) is 16.8. The third-order valence-corrected chi connectivity index (χ3v) is 3.24. The van der Waals surface area contributed by atoms with Gasteiger partial charge in [-0.25, -0.2) is 4.39 Å². The molecule has 1 atom stereocenters. The van der Waals surface area contributed by atoms with E-state index in [0.29, 0.717) is 17.9 Å². The van der Waals surface area contributed by atoms with Crippen molar-refractivity contribution < 1.29 is 9.31 Å². The van der Waals surface area contributed by atoms with Crippen LogP contribution < -0.4 is 5.32 Å². The van der Waals surface area contributed by atoms with Gasteiger partial charge in [0.1, 0.15) is 5.82 Å². The molecule has 4 nitrogen and oxygen atoms in total. The topological polar surface area (TPSA) is 55.2 Å². The minimum atomic E-state index is -0.450. The van der Waals surface area contributed by atoms with E-state index in [-0.39, 0.29) is 11.7 Å². The lowest BCUT2D eigenvalue weighted by molar-refractivity contribution is -0.385. The summed E-state index contributed by atoms with van der Waals surface area (Å²) in [6.07, 6.45) is 2.80. The Balaban J connectivity index is 2.22. The lowest BCUT2D eigenvalue weighted by Crippen LogP contribution is -2.29. The average molecular weight is 238 g/mol. The highest BCUT2D eigenvalue weighted by Gasteiger charge is 2.31. The second-order valence-electron chi connectivity index (χ2n) is 4.47. The lowest BCUT2D eigenvalue weighted by atomic mass is 10.0. The Labute approximate surface area is 99.0 Å². The Kier molecular flexibility index (Phi) is 3.38. The molecule has 2 rings (SSSR count). The summed E-state index contributed by atoms with van der Waals surface area (Å²) in [5, 5.41) is 14.0. The fraction of sp³-hybridized carbons (Fsp3) is 0.500. The highest BCUT2D eigenvalue weighted by Crippen LogP contribution is 2.35. The number of hydrogen-bond donors (Lipinski definition) is 1. The SMILES string of the molecule is CNC(Cc1cc(F)ccc1[N+](=O)[O-])C1CC1. The Morgan fingerprint density at radius 2 is 2.29 bits per heavy atom. The number of hydrogen-bond acceptors (Lipinski definition) is 3. The molecule has 0 spiro atoms. The molecule has 17 heavy (non-hydrogen) atoms. The minimum absolute atomic E-state index is 0.00676. The lowest BCUT2D eigenvalue weighted by Gasteiger charge is -2.15. The Morgan fingerprint density at radius 3 is 2.82 bits per heavy atom. The summed E-state index contributed by atoms with van der Waals surface area (Å²) in [4.78, 5) is 10.4. The number of nitro benzene ring substituents is 1. The van der Waals surface area contributed by atoms with Crippen LogP contribution >= 0.6 is 0 Å². The first kappa shape index (κ1) is 12.0. The van der Waals surface area contributed by atoms with Crippen LogP contribution in [0.15, 0.2) is 18.2 Å². The molecule has 0 aromatic heterocycles. The van der Waals surface area contributed by atoms with Gasteiger partial charge in [0.15, 0.2) is 0 Å². The van der Waals surface area contributed by atoms with E-state index in [2.05, 4.69) is 5.32 Å². The van der Waals surface area contributed by atoms with Crippen LogP contribution in [0, 0.1) is 21.8 Å². The molecule has 0 aliphatic heterocycles. The third kappa shape index (κ3) is 2.79. The van der Waals surface area contributed by atoms with Crippen LogP contribution in [0.5, 0.6) is 0 Å². The summed E-state index contributed by atoms with van der Waals surface area (Å²) in [5.41, 5.74) is 0.480. The number of benzene rings is 1. The summed E-state index contributed by atoms with van der Waals surface area (Å²) in [6, 6.07) is 3.85. The van der Waals surface area contributed by atoms with E-state index < -0.39 is 10.7 Å². The number of nitrogens with one attached hydrogen (secondary N) is 1. The van der Waals surface area contributed by atoms with Crippen LogP contribution in [0.1, 0.15) is 18.4 Å². The van der Waals surface area contributed by atoms with Crippen LogP contribution in [0.2, 0.25) is 0 Å². The van der Waals surface area contributed by atoms with Gasteiger partial charge >= 0.3 is 0 Å². The number of nitrogens with zero attached hydrogens (tertiary/aromatic N) is 1. The first-order valence-electron chi connectivity index (χ1n) is 5.72. The average Bonchev–Trinajstić information content (AvgIpc) is 3.09. The zero-order valence-electron chi connectivity index (χ0n) is 9.65. The summed E-state index contributed by atoms with van der Waals surface area (Å²) < 4.78 is 13.1. The van der Waals surface area contributed by atoms with E-state index >= 15 is 0 Å². The molecule has 1 aromatic rings. The first-order chi connectivity index (χ1) is 8.11. The van der Waals surface area contributed by atoms with Crippen LogP contribution in [0.25, 0.3) is 0 Å². The molecule has 0 radical (unpaired) electrons. The van der Waals surface area contributed by atoms with Crippen LogP contribution in [-0.4, -0.2) is 18.0 Å². The molecule has 0 heterocycles. The Hall–Kier alpha value is -1.49. The second kappa shape index (κ2) is 4.79. The maximum atomic E-state index is 13.1. The number of halogens is 1. The van der Waals surface area contributed by atoms with E-state index in [9.17, 15) is 14.5 Å². The molecular formula is C12H15FN2O2. The zero-order chi connectivity index (χ0) is 12.4. The van der Waals surface area contributed by atoms with Gasteiger partial charge in [-0.1, -0.05) is 0 Å². The molecule has 1 aliphatic carbocycles. The van der Waals surface area contributed by atoms with E-state index in [1.165, 1.54) is 12.1 Å². The molecule has 1 saturated carbocycles. The van der Waals surface area contributed by atoms with Gasteiger partial charge in [-0.15, -0.1) is 0 Å². The van der Waals surface area contributed by atoms with Crippen LogP contribution in [0.4, 0.5) is 10.1 Å². The van der Waals surface area contributed by atoms with Crippen molar-refractivity contribution in [3.63, 3.8) is 0 Å². The van der Waals surface area contributed by atoms with E-state index in [0.717, 1.165) is 18.9 Å². The fourth-order valence-corrected chi connectivity index (χ4v) is 2.14. The second-order valence-corrected chi connectivity index (χ2v) is 4.47. The Morgan fingerprint density at radius 1 is 1.59 bits per heavy atom. The van der Waals surface area contributed by atoms with Crippen LogP contribution in [-0.2, 0) is 6.42 Å². The minimum Gasteiger partial charge on any atom is -0.316 e. The van der Waals surface area contributed by atoms with Crippen molar-refractivity contribution in [3.05, 3.63) is 39.7 Å². The van der Waals surface area contributed by atoms with Gasteiger partial charge in [-0.2, -0.15) is 0 Å². The fourth-order valence-electron chi connectivity index (χ4n) is 2.14. The van der Waals surface area contributed by atoms with E-state index in [1.807, 2.05) is 7.05 Å². The summed E-state index contributed by atoms with van der Waals surface area (Å²) in [5.74, 6) is 0.152. The maximum absolute atomic E-state index is 13.1. The predicted octanol–water partition coefficient (Wildman–Crippen LogP) is 2.27. The quantitative estimate of drug-likeness (QED) is 0.632. The highest BCUT2D eigenvalue weighted by molar-refractivity contribution is 5.41. The Bertz CT molecular complexity index is 433. The molecule has 1 fully saturated rings. The van der Waals surface area contributed by atoms with Gasteiger partial charge in [-0.05, 0) is 44.4 Å². The molecule has 1 N–H and O–H groups in total. The van der Waals surface area contributed by atoms with Crippen molar-refractivity contribution in [3.8, 4) is 0 Å². The molecule has 0 saturated heterocycles. The molecule has 92 valence electrons. The largest absolute Gasteiger partial charge is 0.316 e. The molecule has 1 unspecified atom stereocenters. The van der Waals surface area contributed by atoms with Gasteiger partial charge in [0.05, 0.1) is 4.92 Å². The third-order valence-electron chi connectivity index (χ3n) is 3.24. The molecular weight excluding hydrogens is 223 g/mol. The molecule has 1 aromatic carbocycles. The zero-order valence-corrected chi connectivity index (χ0v) is 9.65. The molecule has 1 aliphatic rings. The molecule has 0 bridgehead atoms. The predicted molar refractivity (Wildman–Crippen MR) is 62.3 cm³/mol. The van der Waals surface area contributed by atoms with Crippen molar-refractivity contribution >= 4 is 5.69 Å². The van der Waals surface area contributed by atoms with Crippen molar-refractivity contribution in [1.29, 1.82) is 0 Å². The monoisotopic (exact) mass is 238 g/mol. The number of nitro groups is 1. The van der Waals surface area contributed by atoms with E-state index in [4.69, 9.17) is 0 Å². The molecule has 5 heteroatoms. The smallest absolute Gasteiger partial charge is 0.272 e. The first-order valence-corrected chi connectivity index (χ1v) is 5.72. The molecule has 0 amide bonds. The summed E-state index contributed by atoms with van der Waals surface area (Å²) in [7, 11) is 1.84. The van der Waals surface area contributed by atoms with Gasteiger partial charge in [-0.3, -0.25) is 10.1 Å². The van der Waals surface area contributed by atoms with Crippen LogP contribution in [0.3, 0.4) is 0 Å². The maximum Gasteiger partial charge on any atom is 0.272 e. The van der Waals surface area contributed by atoms with Gasteiger partial charge in [0.25, 0.3) is 5.69 Å². The van der Waals surface area contributed by atoms with Crippen molar-refractivity contribution in [2.75, 3.05) is 7.05 Å². The number of rotatable bonds is 5. The van der Waals surface area contributed by atoms with Gasteiger partial charge in [0.2, 0.25) is 0 Å². The van der Waals surface area contributed by atoms with Gasteiger partial charge in [0, 0.05) is 17.7 Å².